The molecule has 0 amide bonds. The first-order chi connectivity index (χ1) is 6.22. The van der Waals surface area contributed by atoms with Gasteiger partial charge in [-0.1, -0.05) is 6.58 Å². The van der Waals surface area contributed by atoms with Crippen LogP contribution >= 0.6 is 0 Å². The maximum Gasteiger partial charge on any atom is 0.127 e. The van der Waals surface area contributed by atoms with Gasteiger partial charge >= 0.3 is 0 Å². The molecule has 74 valence electrons. The van der Waals surface area contributed by atoms with Gasteiger partial charge in [-0.2, -0.15) is 0 Å². The van der Waals surface area contributed by atoms with Crippen LogP contribution < -0.4 is 14.9 Å². The second-order valence-corrected chi connectivity index (χ2v) is 3.54. The zero-order chi connectivity index (χ0) is 9.68. The van der Waals surface area contributed by atoms with E-state index in [1.165, 1.54) is 4.90 Å². The van der Waals surface area contributed by atoms with E-state index in [0.29, 0.717) is 0 Å². The van der Waals surface area contributed by atoms with Crippen LogP contribution in [0.3, 0.4) is 0 Å². The summed E-state index contributed by atoms with van der Waals surface area (Å²) in [7, 11) is 0. The summed E-state index contributed by atoms with van der Waals surface area (Å²) in [5.41, 5.74) is 0. The fraction of sp³-hybridized carbons (Fsp3) is 0.667. The molecule has 0 radical (unpaired) electrons. The summed E-state index contributed by atoms with van der Waals surface area (Å²) in [4.78, 5) is 12.9. The van der Waals surface area contributed by atoms with E-state index in [1.807, 2.05) is 6.08 Å². The lowest BCUT2D eigenvalue weighted by atomic mass is 10.3. The molecular formula is C9H17N2O2+. The average molecular weight is 185 g/mol. The molecule has 0 unspecified atom stereocenters. The number of quaternary nitrogens is 2. The molecule has 0 bridgehead atoms. The lowest BCUT2D eigenvalue weighted by Crippen LogP contribution is -3.28. The second-order valence-electron chi connectivity index (χ2n) is 3.54. The minimum absolute atomic E-state index is 0.154. The zero-order valence-corrected chi connectivity index (χ0v) is 7.84. The number of carbonyl (C=O) groups is 1. The quantitative estimate of drug-likeness (QED) is 0.435. The lowest BCUT2D eigenvalue weighted by molar-refractivity contribution is -1.01. The number of carbonyl (C=O) groups excluding carboxylic acids is 1. The first kappa shape index (κ1) is 10.2. The van der Waals surface area contributed by atoms with E-state index in [1.54, 1.807) is 0 Å². The number of piperazine rings is 1. The molecule has 1 rings (SSSR count). The highest BCUT2D eigenvalue weighted by atomic mass is 16.4. The molecular weight excluding hydrogens is 168 g/mol. The second kappa shape index (κ2) is 4.99. The number of carboxylic acids is 1. The van der Waals surface area contributed by atoms with Crippen molar-refractivity contribution in [1.82, 2.24) is 0 Å². The topological polar surface area (TPSA) is 49.0 Å². The van der Waals surface area contributed by atoms with Gasteiger partial charge in [0.15, 0.2) is 0 Å². The highest BCUT2D eigenvalue weighted by molar-refractivity contribution is 5.65. The Balaban J connectivity index is 2.22. The molecule has 1 aliphatic rings. The Morgan fingerprint density at radius 3 is 2.31 bits per heavy atom. The molecule has 4 nitrogen and oxygen atoms in total. The van der Waals surface area contributed by atoms with E-state index in [9.17, 15) is 9.90 Å². The van der Waals surface area contributed by atoms with Crippen molar-refractivity contribution in [3.63, 3.8) is 0 Å². The monoisotopic (exact) mass is 185 g/mol. The van der Waals surface area contributed by atoms with Gasteiger partial charge < -0.3 is 19.7 Å². The predicted molar refractivity (Wildman–Crippen MR) is 46.3 cm³/mol. The van der Waals surface area contributed by atoms with Gasteiger partial charge in [0, 0.05) is 0 Å². The van der Waals surface area contributed by atoms with Crippen molar-refractivity contribution in [2.24, 2.45) is 0 Å². The van der Waals surface area contributed by atoms with Crippen LogP contribution in [-0.2, 0) is 4.79 Å². The lowest BCUT2D eigenvalue weighted by Gasteiger charge is -2.29. The molecule has 0 saturated carbocycles. The maximum absolute atomic E-state index is 10.3. The summed E-state index contributed by atoms with van der Waals surface area (Å²) >= 11 is 0. The van der Waals surface area contributed by atoms with Crippen LogP contribution in [0.5, 0.6) is 0 Å². The third kappa shape index (κ3) is 3.57. The van der Waals surface area contributed by atoms with Gasteiger partial charge in [0.05, 0.1) is 12.5 Å². The third-order valence-corrected chi connectivity index (χ3v) is 2.49. The van der Waals surface area contributed by atoms with E-state index in [0.717, 1.165) is 37.6 Å². The van der Waals surface area contributed by atoms with Gasteiger partial charge in [-0.05, 0) is 6.08 Å². The molecule has 0 aromatic carbocycles. The molecule has 0 spiro atoms. The standard InChI is InChI=1S/C9H16N2O2/c1-2-3-10-4-6-11(7-5-10)8-9(12)13/h2H,1,3-8H2,(H,12,13)/p+1. The van der Waals surface area contributed by atoms with E-state index in [2.05, 4.69) is 6.58 Å². The van der Waals surface area contributed by atoms with Crippen LogP contribution in [-0.4, -0.2) is 45.2 Å². The fourth-order valence-corrected chi connectivity index (χ4v) is 1.75. The third-order valence-electron chi connectivity index (χ3n) is 2.49. The van der Waals surface area contributed by atoms with Crippen LogP contribution in [0.4, 0.5) is 0 Å². The van der Waals surface area contributed by atoms with Crippen LogP contribution in [0.25, 0.3) is 0 Å². The summed E-state index contributed by atoms with van der Waals surface area (Å²) in [5.74, 6) is -0.942. The Bertz CT molecular complexity index is 186. The molecule has 0 aliphatic carbocycles. The van der Waals surface area contributed by atoms with Gasteiger partial charge in [0.25, 0.3) is 0 Å². The normalized spacial score (nSPS) is 28.3. The van der Waals surface area contributed by atoms with E-state index >= 15 is 0 Å². The zero-order valence-electron chi connectivity index (χ0n) is 7.84. The molecule has 0 atom stereocenters. The van der Waals surface area contributed by atoms with Gasteiger partial charge in [-0.3, -0.25) is 0 Å². The summed E-state index contributed by atoms with van der Waals surface area (Å²) in [6.45, 7) is 8.76. The Labute approximate surface area is 78.4 Å². The first-order valence-electron chi connectivity index (χ1n) is 4.70. The average Bonchev–Trinajstić information content (AvgIpc) is 2.08. The van der Waals surface area contributed by atoms with Crippen LogP contribution in [0, 0.1) is 0 Å². The molecule has 4 heteroatoms. The number of aliphatic carboxylic acids is 1. The van der Waals surface area contributed by atoms with Crippen molar-refractivity contribution in [1.29, 1.82) is 0 Å². The van der Waals surface area contributed by atoms with Gasteiger partial charge in [0.1, 0.15) is 32.7 Å². The van der Waals surface area contributed by atoms with Crippen molar-refractivity contribution in [2.75, 3.05) is 39.3 Å². The van der Waals surface area contributed by atoms with Crippen molar-refractivity contribution < 1.29 is 19.7 Å². The summed E-state index contributed by atoms with van der Waals surface area (Å²) in [5, 5.41) is 10.3. The summed E-state index contributed by atoms with van der Waals surface area (Å²) < 4.78 is 0. The predicted octanol–water partition coefficient (Wildman–Crippen LogP) is -4.29. The molecule has 13 heavy (non-hydrogen) atoms. The van der Waals surface area contributed by atoms with Crippen LogP contribution in [0.2, 0.25) is 0 Å². The van der Waals surface area contributed by atoms with Crippen molar-refractivity contribution in [3.8, 4) is 0 Å². The van der Waals surface area contributed by atoms with Crippen molar-refractivity contribution in [2.45, 2.75) is 0 Å². The molecule has 2 N–H and O–H groups in total. The van der Waals surface area contributed by atoms with Gasteiger partial charge in [0.2, 0.25) is 0 Å². The fourth-order valence-electron chi connectivity index (χ4n) is 1.75. The highest BCUT2D eigenvalue weighted by Crippen LogP contribution is 1.61. The smallest absolute Gasteiger partial charge is 0.127 e. The number of nitrogens with one attached hydrogen (secondary N) is 2. The molecule has 1 aliphatic heterocycles. The molecule has 0 aromatic rings. The maximum atomic E-state index is 10.3. The Morgan fingerprint density at radius 2 is 1.85 bits per heavy atom. The number of hydrogen-bond acceptors (Lipinski definition) is 2. The summed E-state index contributed by atoms with van der Waals surface area (Å²) in [6, 6.07) is 0. The minimum atomic E-state index is -0.942. The molecule has 1 heterocycles. The Hall–Kier alpha value is -0.870. The minimum Gasteiger partial charge on any atom is -0.544 e. The molecule has 1 saturated heterocycles. The number of hydrogen-bond donors (Lipinski definition) is 2. The van der Waals surface area contributed by atoms with Crippen molar-refractivity contribution >= 4 is 5.97 Å². The molecule has 0 aromatic heterocycles. The Kier molecular flexibility index (Phi) is 3.92. The Morgan fingerprint density at radius 1 is 1.31 bits per heavy atom. The highest BCUT2D eigenvalue weighted by Gasteiger charge is 2.21. The van der Waals surface area contributed by atoms with Crippen LogP contribution in [0.1, 0.15) is 0 Å². The van der Waals surface area contributed by atoms with Crippen molar-refractivity contribution in [3.05, 3.63) is 12.7 Å². The van der Waals surface area contributed by atoms with E-state index in [-0.39, 0.29) is 6.54 Å². The van der Waals surface area contributed by atoms with E-state index < -0.39 is 5.97 Å². The summed E-state index contributed by atoms with van der Waals surface area (Å²) in [6.07, 6.45) is 1.92. The largest absolute Gasteiger partial charge is 0.544 e. The van der Waals surface area contributed by atoms with Gasteiger partial charge in [-0.15, -0.1) is 0 Å². The number of carboxylic acid groups (broad SMARTS) is 1. The number of rotatable bonds is 4. The van der Waals surface area contributed by atoms with E-state index in [4.69, 9.17) is 0 Å². The first-order valence-corrected chi connectivity index (χ1v) is 4.70. The van der Waals surface area contributed by atoms with Gasteiger partial charge in [-0.25, -0.2) is 0 Å². The van der Waals surface area contributed by atoms with Crippen LogP contribution in [0.15, 0.2) is 12.7 Å². The molecule has 1 fully saturated rings. The SMILES string of the molecule is C=CC[NH+]1CC[NH+](CC(=O)[O-])CC1.